The third-order valence-corrected chi connectivity index (χ3v) is 6.79. The third kappa shape index (κ3) is 4.56. The Labute approximate surface area is 187 Å². The van der Waals surface area contributed by atoms with E-state index in [1.165, 1.54) is 0 Å². The molecule has 0 saturated heterocycles. The third-order valence-electron chi connectivity index (χ3n) is 6.49. The van der Waals surface area contributed by atoms with Gasteiger partial charge >= 0.3 is 5.97 Å². The smallest absolute Gasteiger partial charge is 0.338 e. The SMILES string of the molecule is COc1ccc(CCC2(C3CCCC3)CC(O)=C(Cc3ncn(C)n3)C(=O)O2)cc1Cl. The Morgan fingerprint density at radius 1 is 1.35 bits per heavy atom. The van der Waals surface area contributed by atoms with Crippen molar-refractivity contribution in [1.82, 2.24) is 14.8 Å². The van der Waals surface area contributed by atoms with E-state index >= 15 is 0 Å². The molecule has 1 aromatic heterocycles. The molecule has 2 heterocycles. The Kier molecular flexibility index (Phi) is 6.23. The lowest BCUT2D eigenvalue weighted by atomic mass is 9.76. The lowest BCUT2D eigenvalue weighted by Gasteiger charge is -2.41. The van der Waals surface area contributed by atoms with Crippen molar-refractivity contribution >= 4 is 17.6 Å². The fraction of sp³-hybridized carbons (Fsp3) is 0.522. The van der Waals surface area contributed by atoms with Gasteiger partial charge < -0.3 is 14.6 Å². The van der Waals surface area contributed by atoms with Crippen LogP contribution in [-0.2, 0) is 29.4 Å². The maximum absolute atomic E-state index is 13.0. The molecule has 0 spiro atoms. The highest BCUT2D eigenvalue weighted by molar-refractivity contribution is 6.32. The van der Waals surface area contributed by atoms with Gasteiger partial charge in [0, 0.05) is 19.9 Å². The first-order chi connectivity index (χ1) is 14.9. The number of methoxy groups -OCH3 is 1. The summed E-state index contributed by atoms with van der Waals surface area (Å²) in [6, 6.07) is 5.72. The normalized spacial score (nSPS) is 22.1. The number of benzene rings is 1. The number of hydrogen-bond donors (Lipinski definition) is 1. The summed E-state index contributed by atoms with van der Waals surface area (Å²) >= 11 is 6.29. The summed E-state index contributed by atoms with van der Waals surface area (Å²) < 4.78 is 12.9. The number of nitrogens with zero attached hydrogens (tertiary/aromatic N) is 3. The van der Waals surface area contributed by atoms with Crippen LogP contribution in [0, 0.1) is 5.92 Å². The molecule has 1 aliphatic heterocycles. The molecule has 2 aliphatic rings. The van der Waals surface area contributed by atoms with E-state index in [2.05, 4.69) is 10.1 Å². The van der Waals surface area contributed by atoms with E-state index in [1.54, 1.807) is 25.2 Å². The summed E-state index contributed by atoms with van der Waals surface area (Å²) in [6.45, 7) is 0. The van der Waals surface area contributed by atoms with Crippen LogP contribution in [-0.4, -0.2) is 38.6 Å². The first-order valence-corrected chi connectivity index (χ1v) is 11.1. The molecule has 8 heteroatoms. The molecule has 1 aliphatic carbocycles. The van der Waals surface area contributed by atoms with E-state index in [0.29, 0.717) is 35.9 Å². The highest BCUT2D eigenvalue weighted by atomic mass is 35.5. The number of halogens is 1. The second kappa shape index (κ2) is 8.91. The number of aryl methyl sites for hydroxylation is 2. The average Bonchev–Trinajstić information content (AvgIpc) is 3.42. The molecule has 166 valence electrons. The van der Waals surface area contributed by atoms with E-state index in [9.17, 15) is 9.90 Å². The second-order valence-corrected chi connectivity index (χ2v) is 8.93. The average molecular weight is 446 g/mol. The first kappa shape index (κ1) is 21.7. The molecule has 0 radical (unpaired) electrons. The van der Waals surface area contributed by atoms with Gasteiger partial charge in [-0.05, 0) is 49.3 Å². The van der Waals surface area contributed by atoms with Crippen molar-refractivity contribution in [3.63, 3.8) is 0 Å². The van der Waals surface area contributed by atoms with Crippen molar-refractivity contribution < 1.29 is 19.4 Å². The van der Waals surface area contributed by atoms with Gasteiger partial charge in [-0.3, -0.25) is 4.68 Å². The lowest BCUT2D eigenvalue weighted by molar-refractivity contribution is -0.167. The quantitative estimate of drug-likeness (QED) is 0.638. The molecule has 7 nitrogen and oxygen atoms in total. The van der Waals surface area contributed by atoms with Gasteiger partial charge in [0.25, 0.3) is 0 Å². The summed E-state index contributed by atoms with van der Waals surface area (Å²) in [7, 11) is 3.35. The zero-order valence-corrected chi connectivity index (χ0v) is 18.7. The van der Waals surface area contributed by atoms with E-state index in [4.69, 9.17) is 21.1 Å². The maximum atomic E-state index is 13.0. The van der Waals surface area contributed by atoms with Gasteiger partial charge in [-0.15, -0.1) is 0 Å². The molecular weight excluding hydrogens is 418 g/mol. The van der Waals surface area contributed by atoms with Gasteiger partial charge in [0.15, 0.2) is 5.82 Å². The molecule has 1 unspecified atom stereocenters. The summed E-state index contributed by atoms with van der Waals surface area (Å²) in [5.41, 5.74) is 0.601. The fourth-order valence-electron chi connectivity index (χ4n) is 4.83. The first-order valence-electron chi connectivity index (χ1n) is 10.7. The summed E-state index contributed by atoms with van der Waals surface area (Å²) in [4.78, 5) is 17.2. The zero-order chi connectivity index (χ0) is 22.0. The maximum Gasteiger partial charge on any atom is 0.338 e. The summed E-state index contributed by atoms with van der Waals surface area (Å²) in [5, 5.41) is 15.7. The van der Waals surface area contributed by atoms with Crippen LogP contribution in [0.15, 0.2) is 35.9 Å². The Morgan fingerprint density at radius 3 is 2.74 bits per heavy atom. The van der Waals surface area contributed by atoms with Crippen LogP contribution in [0.3, 0.4) is 0 Å². The molecule has 1 N–H and O–H groups in total. The van der Waals surface area contributed by atoms with Crippen LogP contribution in [0.25, 0.3) is 0 Å². The number of carbonyl (C=O) groups excluding carboxylic acids is 1. The van der Waals surface area contributed by atoms with Gasteiger partial charge in [0.05, 0.1) is 17.7 Å². The van der Waals surface area contributed by atoms with Gasteiger partial charge in [-0.1, -0.05) is 30.5 Å². The van der Waals surface area contributed by atoms with E-state index in [0.717, 1.165) is 31.2 Å². The predicted octanol–water partition coefficient (Wildman–Crippen LogP) is 4.34. The Morgan fingerprint density at radius 2 is 2.13 bits per heavy atom. The van der Waals surface area contributed by atoms with Crippen molar-refractivity contribution in [2.24, 2.45) is 13.0 Å². The van der Waals surface area contributed by atoms with Crippen LogP contribution in [0.5, 0.6) is 5.75 Å². The highest BCUT2D eigenvalue weighted by Gasteiger charge is 2.48. The number of aromatic nitrogens is 3. The van der Waals surface area contributed by atoms with Crippen LogP contribution >= 0.6 is 11.6 Å². The van der Waals surface area contributed by atoms with Crippen molar-refractivity contribution in [2.45, 2.75) is 57.0 Å². The minimum absolute atomic E-state index is 0.100. The molecule has 1 fully saturated rings. The van der Waals surface area contributed by atoms with E-state index < -0.39 is 11.6 Å². The summed E-state index contributed by atoms with van der Waals surface area (Å²) in [5.74, 6) is 0.997. The van der Waals surface area contributed by atoms with E-state index in [1.807, 2.05) is 18.2 Å². The minimum atomic E-state index is -0.703. The van der Waals surface area contributed by atoms with E-state index in [-0.39, 0.29) is 23.7 Å². The molecular formula is C23H28ClN3O4. The van der Waals surface area contributed by atoms with Crippen LogP contribution in [0.4, 0.5) is 0 Å². The molecule has 4 rings (SSSR count). The topological polar surface area (TPSA) is 86.5 Å². The number of ether oxygens (including phenoxy) is 2. The predicted molar refractivity (Wildman–Crippen MR) is 116 cm³/mol. The lowest BCUT2D eigenvalue weighted by Crippen LogP contribution is -2.46. The molecule has 1 atom stereocenters. The number of carbonyl (C=O) groups is 1. The van der Waals surface area contributed by atoms with Crippen molar-refractivity contribution in [2.75, 3.05) is 7.11 Å². The minimum Gasteiger partial charge on any atom is -0.512 e. The van der Waals surface area contributed by atoms with Crippen LogP contribution < -0.4 is 4.74 Å². The number of aliphatic hydroxyl groups is 1. The van der Waals surface area contributed by atoms with Gasteiger partial charge in [0.2, 0.25) is 0 Å². The number of hydrogen-bond acceptors (Lipinski definition) is 6. The summed E-state index contributed by atoms with van der Waals surface area (Å²) in [6.07, 6.45) is 7.63. The number of aliphatic hydroxyl groups excluding tert-OH is 1. The Hall–Kier alpha value is -2.54. The largest absolute Gasteiger partial charge is 0.512 e. The van der Waals surface area contributed by atoms with Gasteiger partial charge in [-0.25, -0.2) is 9.78 Å². The number of rotatable bonds is 7. The van der Waals surface area contributed by atoms with Gasteiger partial charge in [0.1, 0.15) is 23.4 Å². The van der Waals surface area contributed by atoms with Crippen molar-refractivity contribution in [3.8, 4) is 5.75 Å². The molecule has 31 heavy (non-hydrogen) atoms. The number of cyclic esters (lactones) is 1. The monoisotopic (exact) mass is 445 g/mol. The van der Waals surface area contributed by atoms with Gasteiger partial charge in [-0.2, -0.15) is 5.10 Å². The fourth-order valence-corrected chi connectivity index (χ4v) is 5.11. The zero-order valence-electron chi connectivity index (χ0n) is 17.9. The van der Waals surface area contributed by atoms with Crippen molar-refractivity contribution in [3.05, 3.63) is 52.3 Å². The standard InChI is InChI=1S/C23H28ClN3O4/c1-27-14-25-21(26-27)12-17-19(28)13-23(31-22(17)29,16-5-3-4-6-16)10-9-15-7-8-20(30-2)18(24)11-15/h7-8,11,14,16,28H,3-6,9-10,12-13H2,1-2H3. The van der Waals surface area contributed by atoms with Crippen LogP contribution in [0.1, 0.15) is 49.9 Å². The molecule has 1 saturated carbocycles. The van der Waals surface area contributed by atoms with Crippen molar-refractivity contribution in [1.29, 1.82) is 0 Å². The molecule has 0 amide bonds. The Balaban J connectivity index is 1.56. The molecule has 0 bridgehead atoms. The Bertz CT molecular complexity index is 996. The van der Waals surface area contributed by atoms with Crippen LogP contribution in [0.2, 0.25) is 5.02 Å². The highest BCUT2D eigenvalue weighted by Crippen LogP contribution is 2.46. The molecule has 2 aromatic rings. The number of esters is 1. The second-order valence-electron chi connectivity index (χ2n) is 8.52. The molecule has 1 aromatic carbocycles.